The van der Waals surface area contributed by atoms with Crippen molar-refractivity contribution in [1.82, 2.24) is 10.0 Å². The Hall–Kier alpha value is -1.48. The number of rotatable bonds is 10. The smallest absolute Gasteiger partial charge is 0.251 e. The van der Waals surface area contributed by atoms with Gasteiger partial charge in [0.2, 0.25) is 10.0 Å². The summed E-state index contributed by atoms with van der Waals surface area (Å²) in [7, 11) is -2.04. The fourth-order valence-corrected chi connectivity index (χ4v) is 3.06. The van der Waals surface area contributed by atoms with Crippen LogP contribution in [0.3, 0.4) is 0 Å². The molecule has 0 saturated heterocycles. The Bertz CT molecular complexity index is 602. The van der Waals surface area contributed by atoms with E-state index in [2.05, 4.69) is 10.0 Å². The normalized spacial score (nSPS) is 11.7. The molecule has 0 radical (unpaired) electrons. The Labute approximate surface area is 137 Å². The molecule has 0 unspecified atom stereocenters. The number of hydrogen-bond acceptors (Lipinski definition) is 5. The van der Waals surface area contributed by atoms with Crippen LogP contribution in [0.1, 0.15) is 24.2 Å². The Morgan fingerprint density at radius 2 is 1.96 bits per heavy atom. The number of ether oxygens (including phenoxy) is 2. The number of hydrogen-bond donors (Lipinski definition) is 2. The van der Waals surface area contributed by atoms with Gasteiger partial charge in [0.25, 0.3) is 5.91 Å². The molecule has 130 valence electrons. The minimum atomic E-state index is -3.62. The van der Waals surface area contributed by atoms with Crippen LogP contribution in [0.15, 0.2) is 29.2 Å². The topological polar surface area (TPSA) is 93.7 Å². The summed E-state index contributed by atoms with van der Waals surface area (Å²) in [5.74, 6) is -0.345. The van der Waals surface area contributed by atoms with E-state index in [-0.39, 0.29) is 22.4 Å². The first kappa shape index (κ1) is 19.6. The van der Waals surface area contributed by atoms with Crippen LogP contribution in [0, 0.1) is 0 Å². The van der Waals surface area contributed by atoms with Gasteiger partial charge in [-0.2, -0.15) is 0 Å². The molecule has 1 aromatic carbocycles. The van der Waals surface area contributed by atoms with Gasteiger partial charge in [0.15, 0.2) is 0 Å². The monoisotopic (exact) mass is 344 g/mol. The molecule has 0 aliphatic heterocycles. The van der Waals surface area contributed by atoms with E-state index < -0.39 is 10.0 Å². The van der Waals surface area contributed by atoms with Gasteiger partial charge >= 0.3 is 0 Å². The van der Waals surface area contributed by atoms with Gasteiger partial charge in [-0.25, -0.2) is 13.1 Å². The van der Waals surface area contributed by atoms with Crippen molar-refractivity contribution in [2.45, 2.75) is 24.8 Å². The minimum absolute atomic E-state index is 0.0650. The lowest BCUT2D eigenvalue weighted by atomic mass is 10.2. The molecule has 0 heterocycles. The zero-order chi connectivity index (χ0) is 17.3. The third-order valence-electron chi connectivity index (χ3n) is 2.76. The predicted octanol–water partition coefficient (Wildman–Crippen LogP) is 0.766. The second kappa shape index (κ2) is 9.61. The van der Waals surface area contributed by atoms with Gasteiger partial charge in [0, 0.05) is 25.3 Å². The molecule has 0 spiro atoms. The third-order valence-corrected chi connectivity index (χ3v) is 4.42. The molecule has 1 rings (SSSR count). The molecule has 7 nitrogen and oxygen atoms in total. The molecule has 0 aromatic heterocycles. The number of benzene rings is 1. The van der Waals surface area contributed by atoms with E-state index in [1.54, 1.807) is 33.1 Å². The van der Waals surface area contributed by atoms with E-state index >= 15 is 0 Å². The summed E-state index contributed by atoms with van der Waals surface area (Å²) in [6.45, 7) is 5.12. The summed E-state index contributed by atoms with van der Waals surface area (Å²) in [4.78, 5) is 12.1. The van der Waals surface area contributed by atoms with Crippen molar-refractivity contribution in [3.05, 3.63) is 29.8 Å². The van der Waals surface area contributed by atoms with Crippen molar-refractivity contribution in [3.8, 4) is 0 Å². The van der Waals surface area contributed by atoms with Crippen molar-refractivity contribution in [2.75, 3.05) is 33.5 Å². The van der Waals surface area contributed by atoms with E-state index in [0.717, 1.165) is 0 Å². The maximum atomic E-state index is 12.1. The molecule has 0 saturated carbocycles. The first-order chi connectivity index (χ1) is 10.9. The molecular weight excluding hydrogens is 320 g/mol. The third kappa shape index (κ3) is 7.08. The predicted molar refractivity (Wildman–Crippen MR) is 86.9 cm³/mol. The Morgan fingerprint density at radius 1 is 1.22 bits per heavy atom. The molecule has 0 bridgehead atoms. The molecule has 0 aliphatic carbocycles. The molecule has 1 aromatic rings. The van der Waals surface area contributed by atoms with E-state index in [4.69, 9.17) is 9.47 Å². The van der Waals surface area contributed by atoms with E-state index in [1.807, 2.05) is 0 Å². The number of nitrogens with one attached hydrogen (secondary N) is 2. The average Bonchev–Trinajstić information content (AvgIpc) is 2.49. The Morgan fingerprint density at radius 3 is 2.61 bits per heavy atom. The molecule has 2 N–H and O–H groups in total. The summed E-state index contributed by atoms with van der Waals surface area (Å²) >= 11 is 0. The number of carbonyl (C=O) groups is 1. The number of amides is 1. The quantitative estimate of drug-likeness (QED) is 0.612. The van der Waals surface area contributed by atoms with Crippen LogP contribution in [0.2, 0.25) is 0 Å². The largest absolute Gasteiger partial charge is 0.382 e. The van der Waals surface area contributed by atoms with Crippen LogP contribution in [0.5, 0.6) is 0 Å². The van der Waals surface area contributed by atoms with Crippen molar-refractivity contribution in [3.63, 3.8) is 0 Å². The van der Waals surface area contributed by atoms with Crippen LogP contribution in [0.25, 0.3) is 0 Å². The van der Waals surface area contributed by atoms with Gasteiger partial charge in [0.1, 0.15) is 0 Å². The highest BCUT2D eigenvalue weighted by Gasteiger charge is 2.17. The zero-order valence-electron chi connectivity index (χ0n) is 13.7. The lowest BCUT2D eigenvalue weighted by Crippen LogP contribution is -2.31. The van der Waals surface area contributed by atoms with Gasteiger partial charge in [0.05, 0.1) is 24.7 Å². The fraction of sp³-hybridized carbons (Fsp3) is 0.533. The maximum absolute atomic E-state index is 12.1. The molecule has 0 fully saturated rings. The fourth-order valence-electron chi connectivity index (χ4n) is 1.77. The summed E-state index contributed by atoms with van der Waals surface area (Å²) in [5.41, 5.74) is 0.286. The first-order valence-corrected chi connectivity index (χ1v) is 8.82. The van der Waals surface area contributed by atoms with Crippen LogP contribution in [0.4, 0.5) is 0 Å². The van der Waals surface area contributed by atoms with Crippen molar-refractivity contribution < 1.29 is 22.7 Å². The second-order valence-corrected chi connectivity index (χ2v) is 6.88. The van der Waals surface area contributed by atoms with E-state index in [0.29, 0.717) is 26.4 Å². The minimum Gasteiger partial charge on any atom is -0.382 e. The van der Waals surface area contributed by atoms with Crippen molar-refractivity contribution >= 4 is 15.9 Å². The van der Waals surface area contributed by atoms with Crippen LogP contribution in [-0.2, 0) is 19.5 Å². The van der Waals surface area contributed by atoms with E-state index in [1.165, 1.54) is 12.1 Å². The molecular formula is C15H24N2O5S. The highest BCUT2D eigenvalue weighted by atomic mass is 32.2. The SMILES string of the molecule is COCCOCCNC(=O)c1cccc(S(=O)(=O)NC(C)C)c1. The molecule has 1 amide bonds. The Kier molecular flexibility index (Phi) is 8.18. The molecule has 0 atom stereocenters. The van der Waals surface area contributed by atoms with Gasteiger partial charge < -0.3 is 14.8 Å². The lowest BCUT2D eigenvalue weighted by Gasteiger charge is -2.11. The summed E-state index contributed by atoms with van der Waals surface area (Å²) < 4.78 is 36.8. The van der Waals surface area contributed by atoms with Gasteiger partial charge in [-0.1, -0.05) is 6.07 Å². The second-order valence-electron chi connectivity index (χ2n) is 5.16. The van der Waals surface area contributed by atoms with Gasteiger partial charge in [-0.05, 0) is 32.0 Å². The first-order valence-electron chi connectivity index (χ1n) is 7.34. The summed E-state index contributed by atoms with van der Waals surface area (Å²) in [6.07, 6.45) is 0. The molecule has 23 heavy (non-hydrogen) atoms. The zero-order valence-corrected chi connectivity index (χ0v) is 14.5. The number of carbonyl (C=O) groups excluding carboxylic acids is 1. The highest BCUT2D eigenvalue weighted by Crippen LogP contribution is 2.12. The van der Waals surface area contributed by atoms with Gasteiger partial charge in [-0.3, -0.25) is 4.79 Å². The van der Waals surface area contributed by atoms with Crippen LogP contribution >= 0.6 is 0 Å². The van der Waals surface area contributed by atoms with Crippen LogP contribution < -0.4 is 10.0 Å². The number of sulfonamides is 1. The average molecular weight is 344 g/mol. The van der Waals surface area contributed by atoms with Crippen LogP contribution in [-0.4, -0.2) is 53.8 Å². The Balaban J connectivity index is 2.60. The maximum Gasteiger partial charge on any atom is 0.251 e. The number of methoxy groups -OCH3 is 1. The van der Waals surface area contributed by atoms with E-state index in [9.17, 15) is 13.2 Å². The molecule has 0 aliphatic rings. The summed E-state index contributed by atoms with van der Waals surface area (Å²) in [6, 6.07) is 5.69. The van der Waals surface area contributed by atoms with Crippen molar-refractivity contribution in [1.29, 1.82) is 0 Å². The summed E-state index contributed by atoms with van der Waals surface area (Å²) in [5, 5.41) is 2.68. The standard InChI is InChI=1S/C15H24N2O5S/c1-12(2)17-23(19,20)14-6-4-5-13(11-14)15(18)16-7-8-22-10-9-21-3/h4-6,11-12,17H,7-10H2,1-3H3,(H,16,18). The highest BCUT2D eigenvalue weighted by molar-refractivity contribution is 7.89. The van der Waals surface area contributed by atoms with Crippen molar-refractivity contribution in [2.24, 2.45) is 0 Å². The van der Waals surface area contributed by atoms with Gasteiger partial charge in [-0.15, -0.1) is 0 Å². The molecule has 8 heteroatoms. The lowest BCUT2D eigenvalue weighted by molar-refractivity contribution is 0.0692.